The molecule has 1 amide bonds. The van der Waals surface area contributed by atoms with Crippen molar-refractivity contribution in [3.8, 4) is 0 Å². The van der Waals surface area contributed by atoms with Crippen LogP contribution in [0.4, 0.5) is 0 Å². The molecule has 0 saturated heterocycles. The SMILES string of the molecule is Cc1cc(C(=O)COC(=O)[C@H](C)NC(=O)c2ccccc2)c(C)s1. The normalized spacial score (nSPS) is 11.6. The van der Waals surface area contributed by atoms with Crippen LogP contribution in [-0.4, -0.2) is 30.3 Å². The molecule has 0 aliphatic rings. The molecule has 0 fully saturated rings. The first-order valence-electron chi connectivity index (χ1n) is 7.51. The zero-order valence-corrected chi connectivity index (χ0v) is 14.6. The summed E-state index contributed by atoms with van der Waals surface area (Å²) in [5.41, 5.74) is 1.03. The highest BCUT2D eigenvalue weighted by molar-refractivity contribution is 7.12. The molecule has 24 heavy (non-hydrogen) atoms. The number of hydrogen-bond donors (Lipinski definition) is 1. The summed E-state index contributed by atoms with van der Waals surface area (Å²) in [7, 11) is 0. The molecule has 1 heterocycles. The Morgan fingerprint density at radius 1 is 1.17 bits per heavy atom. The number of benzene rings is 1. The van der Waals surface area contributed by atoms with Gasteiger partial charge >= 0.3 is 5.97 Å². The van der Waals surface area contributed by atoms with Gasteiger partial charge in [-0.15, -0.1) is 11.3 Å². The van der Waals surface area contributed by atoms with Gasteiger partial charge in [0.2, 0.25) is 5.78 Å². The van der Waals surface area contributed by atoms with Gasteiger partial charge in [-0.25, -0.2) is 4.79 Å². The third-order valence-corrected chi connectivity index (χ3v) is 4.39. The number of carbonyl (C=O) groups excluding carboxylic acids is 3. The molecular weight excluding hydrogens is 326 g/mol. The van der Waals surface area contributed by atoms with Gasteiger partial charge in [-0.3, -0.25) is 9.59 Å². The van der Waals surface area contributed by atoms with Crippen molar-refractivity contribution in [2.24, 2.45) is 0 Å². The minimum absolute atomic E-state index is 0.244. The molecule has 5 nitrogen and oxygen atoms in total. The van der Waals surface area contributed by atoms with E-state index in [4.69, 9.17) is 4.74 Å². The first-order valence-corrected chi connectivity index (χ1v) is 8.33. The lowest BCUT2D eigenvalue weighted by atomic mass is 10.2. The van der Waals surface area contributed by atoms with E-state index in [9.17, 15) is 14.4 Å². The Morgan fingerprint density at radius 3 is 2.42 bits per heavy atom. The summed E-state index contributed by atoms with van der Waals surface area (Å²) in [4.78, 5) is 38.0. The molecule has 0 aliphatic carbocycles. The Balaban J connectivity index is 1.87. The van der Waals surface area contributed by atoms with E-state index in [-0.39, 0.29) is 18.3 Å². The number of thiophene rings is 1. The van der Waals surface area contributed by atoms with Gasteiger partial charge in [0.15, 0.2) is 6.61 Å². The van der Waals surface area contributed by atoms with Crippen molar-refractivity contribution in [1.29, 1.82) is 0 Å². The number of amides is 1. The molecule has 2 rings (SSSR count). The third-order valence-electron chi connectivity index (χ3n) is 3.42. The van der Waals surface area contributed by atoms with Crippen LogP contribution >= 0.6 is 11.3 Å². The van der Waals surface area contributed by atoms with Crippen molar-refractivity contribution in [3.63, 3.8) is 0 Å². The molecule has 2 aromatic rings. The van der Waals surface area contributed by atoms with Gasteiger partial charge in [-0.05, 0) is 39.0 Å². The summed E-state index contributed by atoms with van der Waals surface area (Å²) in [5.74, 6) is -1.25. The summed E-state index contributed by atoms with van der Waals surface area (Å²) in [5, 5.41) is 2.55. The molecule has 0 saturated carbocycles. The van der Waals surface area contributed by atoms with Gasteiger partial charge < -0.3 is 10.1 Å². The van der Waals surface area contributed by atoms with Crippen molar-refractivity contribution >= 4 is 29.0 Å². The van der Waals surface area contributed by atoms with Crippen LogP contribution in [0.15, 0.2) is 36.4 Å². The van der Waals surface area contributed by atoms with Gasteiger partial charge in [0, 0.05) is 20.9 Å². The van der Waals surface area contributed by atoms with Crippen LogP contribution in [0.2, 0.25) is 0 Å². The number of aryl methyl sites for hydroxylation is 2. The van der Waals surface area contributed by atoms with E-state index in [1.165, 1.54) is 18.3 Å². The number of carbonyl (C=O) groups is 3. The highest BCUT2D eigenvalue weighted by atomic mass is 32.1. The highest BCUT2D eigenvalue weighted by Gasteiger charge is 2.20. The quantitative estimate of drug-likeness (QED) is 0.645. The highest BCUT2D eigenvalue weighted by Crippen LogP contribution is 2.21. The molecule has 6 heteroatoms. The van der Waals surface area contributed by atoms with E-state index in [0.29, 0.717) is 11.1 Å². The van der Waals surface area contributed by atoms with Gasteiger partial charge in [-0.2, -0.15) is 0 Å². The maximum atomic E-state index is 12.1. The monoisotopic (exact) mass is 345 g/mol. The number of rotatable bonds is 6. The Hall–Kier alpha value is -2.47. The second-order valence-corrected chi connectivity index (χ2v) is 6.88. The van der Waals surface area contributed by atoms with E-state index in [2.05, 4.69) is 5.32 Å². The maximum Gasteiger partial charge on any atom is 0.328 e. The molecule has 0 unspecified atom stereocenters. The fraction of sp³-hybridized carbons (Fsp3) is 0.278. The zero-order chi connectivity index (χ0) is 17.7. The molecule has 1 N–H and O–H groups in total. The number of esters is 1. The summed E-state index contributed by atoms with van der Waals surface area (Å²) in [6, 6.07) is 9.53. The second kappa shape index (κ2) is 7.88. The lowest BCUT2D eigenvalue weighted by molar-refractivity contribution is -0.144. The Morgan fingerprint density at radius 2 is 1.83 bits per heavy atom. The molecule has 0 aliphatic heterocycles. The molecule has 1 aromatic heterocycles. The molecular formula is C18H19NO4S. The van der Waals surface area contributed by atoms with E-state index >= 15 is 0 Å². The Labute approximate surface area is 144 Å². The summed E-state index contributed by atoms with van der Waals surface area (Å²) in [6.07, 6.45) is 0. The van der Waals surface area contributed by atoms with Gasteiger partial charge in [0.05, 0.1) is 0 Å². The molecule has 126 valence electrons. The summed E-state index contributed by atoms with van der Waals surface area (Å²) in [6.45, 7) is 4.96. The lowest BCUT2D eigenvalue weighted by Crippen LogP contribution is -2.40. The average Bonchev–Trinajstić information content (AvgIpc) is 2.91. The minimum Gasteiger partial charge on any atom is -0.456 e. The standard InChI is InChI=1S/C18H19NO4S/c1-11-9-15(13(3)24-11)16(20)10-23-18(22)12(2)19-17(21)14-7-5-4-6-8-14/h4-9,12H,10H2,1-3H3,(H,19,21)/t12-/m0/s1. The number of Topliss-reactive ketones (excluding diaryl/α,β-unsaturated/α-hetero) is 1. The zero-order valence-electron chi connectivity index (χ0n) is 13.8. The summed E-state index contributed by atoms with van der Waals surface area (Å²) < 4.78 is 5.02. The maximum absolute atomic E-state index is 12.1. The van der Waals surface area contributed by atoms with Crippen LogP contribution in [0, 0.1) is 13.8 Å². The number of nitrogens with one attached hydrogen (secondary N) is 1. The van der Waals surface area contributed by atoms with Crippen LogP contribution in [-0.2, 0) is 9.53 Å². The van der Waals surface area contributed by atoms with Crippen molar-refractivity contribution in [2.75, 3.05) is 6.61 Å². The summed E-state index contributed by atoms with van der Waals surface area (Å²) >= 11 is 1.53. The van der Waals surface area contributed by atoms with Crippen molar-refractivity contribution in [3.05, 3.63) is 57.3 Å². The van der Waals surface area contributed by atoms with Gasteiger partial charge in [0.25, 0.3) is 5.91 Å². The number of hydrogen-bond acceptors (Lipinski definition) is 5. The van der Waals surface area contributed by atoms with Crippen LogP contribution in [0.25, 0.3) is 0 Å². The van der Waals surface area contributed by atoms with Gasteiger partial charge in [0.1, 0.15) is 6.04 Å². The van der Waals surface area contributed by atoms with E-state index in [1.54, 1.807) is 36.4 Å². The first-order chi connectivity index (χ1) is 11.4. The molecule has 0 bridgehead atoms. The topological polar surface area (TPSA) is 72.5 Å². The van der Waals surface area contributed by atoms with E-state index < -0.39 is 12.0 Å². The van der Waals surface area contributed by atoms with Gasteiger partial charge in [-0.1, -0.05) is 18.2 Å². The molecule has 0 spiro atoms. The Bertz CT molecular complexity index is 752. The number of ether oxygens (including phenoxy) is 1. The van der Waals surface area contributed by atoms with Crippen LogP contribution in [0.1, 0.15) is 37.4 Å². The molecule has 0 radical (unpaired) electrons. The van der Waals surface area contributed by atoms with Crippen molar-refractivity contribution in [2.45, 2.75) is 26.8 Å². The smallest absolute Gasteiger partial charge is 0.328 e. The first kappa shape index (κ1) is 17.9. The van der Waals surface area contributed by atoms with Crippen molar-refractivity contribution in [1.82, 2.24) is 5.32 Å². The second-order valence-electron chi connectivity index (χ2n) is 5.42. The van der Waals surface area contributed by atoms with Crippen molar-refractivity contribution < 1.29 is 19.1 Å². The van der Waals surface area contributed by atoms with E-state index in [1.807, 2.05) is 13.8 Å². The minimum atomic E-state index is -0.837. The molecule has 1 atom stereocenters. The predicted octanol–water partition coefficient (Wildman–Crippen LogP) is 2.91. The third kappa shape index (κ3) is 4.52. The number of ketones is 1. The Kier molecular flexibility index (Phi) is 5.87. The largest absolute Gasteiger partial charge is 0.456 e. The lowest BCUT2D eigenvalue weighted by Gasteiger charge is -2.13. The fourth-order valence-corrected chi connectivity index (χ4v) is 3.12. The average molecular weight is 345 g/mol. The fourth-order valence-electron chi connectivity index (χ4n) is 2.18. The van der Waals surface area contributed by atoms with E-state index in [0.717, 1.165) is 9.75 Å². The van der Waals surface area contributed by atoms with Crippen LogP contribution in [0.5, 0.6) is 0 Å². The van der Waals surface area contributed by atoms with Crippen LogP contribution < -0.4 is 5.32 Å². The van der Waals surface area contributed by atoms with Crippen LogP contribution in [0.3, 0.4) is 0 Å². The predicted molar refractivity (Wildman–Crippen MR) is 92.5 cm³/mol. The molecule has 1 aromatic carbocycles.